The Kier molecular flexibility index (Phi) is 4.02. The SMILES string of the molecule is CC1=C2C/C=C(/C)CC/C=C(/C)CO[C@@H]1OC2=O. The number of carbonyl (C=O) groups excluding carboxylic acids is 1. The highest BCUT2D eigenvalue weighted by molar-refractivity contribution is 5.92. The normalized spacial score (nSPS) is 31.7. The van der Waals surface area contributed by atoms with Gasteiger partial charge in [0.1, 0.15) is 0 Å². The highest BCUT2D eigenvalue weighted by Gasteiger charge is 2.31. The summed E-state index contributed by atoms with van der Waals surface area (Å²) in [7, 11) is 0. The number of carbonyl (C=O) groups is 1. The van der Waals surface area contributed by atoms with Crippen LogP contribution in [0, 0.1) is 0 Å². The van der Waals surface area contributed by atoms with Gasteiger partial charge in [0.15, 0.2) is 0 Å². The van der Waals surface area contributed by atoms with Crippen molar-refractivity contribution in [3.63, 3.8) is 0 Å². The maximum atomic E-state index is 11.8. The summed E-state index contributed by atoms with van der Waals surface area (Å²) in [5, 5.41) is 0. The van der Waals surface area contributed by atoms with Crippen LogP contribution in [-0.2, 0) is 14.3 Å². The van der Waals surface area contributed by atoms with Gasteiger partial charge in [0.2, 0.25) is 6.29 Å². The van der Waals surface area contributed by atoms with Gasteiger partial charge < -0.3 is 9.47 Å². The lowest BCUT2D eigenvalue weighted by Crippen LogP contribution is -2.16. The Morgan fingerprint density at radius 1 is 1.17 bits per heavy atom. The van der Waals surface area contributed by atoms with E-state index in [1.807, 2.05) is 13.8 Å². The van der Waals surface area contributed by atoms with E-state index in [0.717, 1.165) is 24.0 Å². The van der Waals surface area contributed by atoms with Crippen molar-refractivity contribution in [2.24, 2.45) is 0 Å². The summed E-state index contributed by atoms with van der Waals surface area (Å²) in [6.45, 7) is 6.59. The van der Waals surface area contributed by atoms with Gasteiger partial charge in [-0.2, -0.15) is 0 Å². The van der Waals surface area contributed by atoms with Gasteiger partial charge in [0, 0.05) is 11.1 Å². The highest BCUT2D eigenvalue weighted by atomic mass is 16.7. The molecule has 0 spiro atoms. The topological polar surface area (TPSA) is 35.5 Å². The molecular weight excluding hydrogens is 228 g/mol. The lowest BCUT2D eigenvalue weighted by atomic mass is 10.0. The molecule has 98 valence electrons. The molecule has 0 radical (unpaired) electrons. The predicted molar refractivity (Wildman–Crippen MR) is 69.9 cm³/mol. The van der Waals surface area contributed by atoms with Crippen molar-refractivity contribution in [3.05, 3.63) is 34.4 Å². The lowest BCUT2D eigenvalue weighted by Gasteiger charge is -2.13. The Morgan fingerprint density at radius 3 is 2.72 bits per heavy atom. The van der Waals surface area contributed by atoms with Crippen molar-refractivity contribution in [1.82, 2.24) is 0 Å². The Labute approximate surface area is 108 Å². The molecule has 0 saturated heterocycles. The molecule has 2 rings (SSSR count). The fourth-order valence-corrected chi connectivity index (χ4v) is 2.15. The smallest absolute Gasteiger partial charge is 0.337 e. The van der Waals surface area contributed by atoms with Crippen LogP contribution < -0.4 is 0 Å². The van der Waals surface area contributed by atoms with Gasteiger partial charge in [-0.3, -0.25) is 0 Å². The molecule has 0 aromatic heterocycles. The third-order valence-corrected chi connectivity index (χ3v) is 3.44. The van der Waals surface area contributed by atoms with Crippen LogP contribution in [0.4, 0.5) is 0 Å². The first-order chi connectivity index (χ1) is 8.58. The molecule has 2 aliphatic rings. The van der Waals surface area contributed by atoms with E-state index in [0.29, 0.717) is 13.0 Å². The third kappa shape index (κ3) is 2.91. The molecular formula is C15H20O3. The summed E-state index contributed by atoms with van der Waals surface area (Å²) in [6.07, 6.45) is 6.52. The molecule has 0 fully saturated rings. The molecule has 0 unspecified atom stereocenters. The summed E-state index contributed by atoms with van der Waals surface area (Å²) >= 11 is 0. The minimum absolute atomic E-state index is 0.234. The van der Waals surface area contributed by atoms with Gasteiger partial charge in [-0.1, -0.05) is 23.3 Å². The number of hydrogen-bond acceptors (Lipinski definition) is 3. The minimum atomic E-state index is -0.496. The van der Waals surface area contributed by atoms with Crippen LogP contribution in [0.25, 0.3) is 0 Å². The van der Waals surface area contributed by atoms with E-state index < -0.39 is 6.29 Å². The highest BCUT2D eigenvalue weighted by Crippen LogP contribution is 2.27. The average molecular weight is 248 g/mol. The monoisotopic (exact) mass is 248 g/mol. The Hall–Kier alpha value is -1.35. The number of ether oxygens (including phenoxy) is 2. The number of hydrogen-bond donors (Lipinski definition) is 0. The summed E-state index contributed by atoms with van der Waals surface area (Å²) in [4.78, 5) is 11.8. The van der Waals surface area contributed by atoms with E-state index in [-0.39, 0.29) is 5.97 Å². The molecule has 0 aromatic carbocycles. The van der Waals surface area contributed by atoms with Gasteiger partial charge in [0.05, 0.1) is 6.61 Å². The fourth-order valence-electron chi connectivity index (χ4n) is 2.15. The minimum Gasteiger partial charge on any atom is -0.428 e. The molecule has 3 heteroatoms. The van der Waals surface area contributed by atoms with Crippen LogP contribution in [0.2, 0.25) is 0 Å². The molecule has 2 bridgehead atoms. The van der Waals surface area contributed by atoms with Crippen molar-refractivity contribution in [1.29, 1.82) is 0 Å². The molecule has 0 aliphatic carbocycles. The number of esters is 1. The van der Waals surface area contributed by atoms with Crippen molar-refractivity contribution in [2.75, 3.05) is 6.61 Å². The van der Waals surface area contributed by atoms with Crippen LogP contribution in [0.1, 0.15) is 40.0 Å². The molecule has 0 N–H and O–H groups in total. The van der Waals surface area contributed by atoms with E-state index in [1.54, 1.807) is 0 Å². The molecule has 2 heterocycles. The standard InChI is InChI=1S/C15H20O3/c1-10-5-4-6-11(2)9-17-15-12(3)13(8-7-10)14(16)18-15/h6-7,15H,4-5,8-9H2,1-3H3/b10-7-,11-6-/t15-/m1/s1. The van der Waals surface area contributed by atoms with Crippen LogP contribution in [0.15, 0.2) is 34.4 Å². The summed E-state index contributed by atoms with van der Waals surface area (Å²) in [5.74, 6) is -0.234. The van der Waals surface area contributed by atoms with Crippen LogP contribution in [-0.4, -0.2) is 18.9 Å². The molecule has 18 heavy (non-hydrogen) atoms. The maximum Gasteiger partial charge on any atom is 0.337 e. The van der Waals surface area contributed by atoms with E-state index in [9.17, 15) is 4.79 Å². The summed E-state index contributed by atoms with van der Waals surface area (Å²) < 4.78 is 10.9. The maximum absolute atomic E-state index is 11.8. The first kappa shape index (κ1) is 13.1. The molecule has 0 saturated carbocycles. The second kappa shape index (κ2) is 5.53. The second-order valence-corrected chi connectivity index (χ2v) is 5.05. The summed E-state index contributed by atoms with van der Waals surface area (Å²) in [6, 6.07) is 0. The van der Waals surface area contributed by atoms with Crippen LogP contribution in [0.3, 0.4) is 0 Å². The van der Waals surface area contributed by atoms with Crippen molar-refractivity contribution in [3.8, 4) is 0 Å². The number of rotatable bonds is 0. The fraction of sp³-hybridized carbons (Fsp3) is 0.533. The van der Waals surface area contributed by atoms with Crippen molar-refractivity contribution in [2.45, 2.75) is 46.3 Å². The van der Waals surface area contributed by atoms with Gasteiger partial charge in [0.25, 0.3) is 0 Å². The van der Waals surface area contributed by atoms with Crippen molar-refractivity contribution >= 4 is 5.97 Å². The van der Waals surface area contributed by atoms with Gasteiger partial charge >= 0.3 is 5.97 Å². The van der Waals surface area contributed by atoms with Crippen LogP contribution >= 0.6 is 0 Å². The third-order valence-electron chi connectivity index (χ3n) is 3.44. The lowest BCUT2D eigenvalue weighted by molar-refractivity contribution is -0.158. The zero-order valence-electron chi connectivity index (χ0n) is 11.3. The summed E-state index contributed by atoms with van der Waals surface area (Å²) in [5.41, 5.74) is 4.16. The van der Waals surface area contributed by atoms with Gasteiger partial charge in [-0.15, -0.1) is 0 Å². The first-order valence-corrected chi connectivity index (χ1v) is 6.41. The van der Waals surface area contributed by atoms with E-state index in [1.165, 1.54) is 11.1 Å². The van der Waals surface area contributed by atoms with Gasteiger partial charge in [-0.05, 0) is 40.0 Å². The van der Waals surface area contributed by atoms with E-state index in [2.05, 4.69) is 19.1 Å². The zero-order valence-corrected chi connectivity index (χ0v) is 11.3. The molecule has 1 atom stereocenters. The largest absolute Gasteiger partial charge is 0.428 e. The van der Waals surface area contributed by atoms with Gasteiger partial charge in [-0.25, -0.2) is 4.79 Å². The van der Waals surface area contributed by atoms with E-state index in [4.69, 9.17) is 9.47 Å². The van der Waals surface area contributed by atoms with Crippen LogP contribution in [0.5, 0.6) is 0 Å². The predicted octanol–water partition coefficient (Wildman–Crippen LogP) is 3.28. The molecule has 3 nitrogen and oxygen atoms in total. The molecule has 0 amide bonds. The van der Waals surface area contributed by atoms with Crippen molar-refractivity contribution < 1.29 is 14.3 Å². The number of fused-ring (bicyclic) bond motifs is 1. The Bertz CT molecular complexity index is 441. The molecule has 2 aliphatic heterocycles. The van der Waals surface area contributed by atoms with E-state index >= 15 is 0 Å². The quantitative estimate of drug-likeness (QED) is 0.487. The average Bonchev–Trinajstić information content (AvgIpc) is 2.59. The zero-order chi connectivity index (χ0) is 13.1. The molecule has 0 aromatic rings. The first-order valence-electron chi connectivity index (χ1n) is 6.41. The Morgan fingerprint density at radius 2 is 1.94 bits per heavy atom. The Balaban J connectivity index is 2.24. The second-order valence-electron chi connectivity index (χ2n) is 5.05. The number of allylic oxidation sites excluding steroid dienone is 3.